The quantitative estimate of drug-likeness (QED) is 0.263. The number of esters is 1. The molecule has 0 spiro atoms. The van der Waals surface area contributed by atoms with Crippen LogP contribution in [-0.4, -0.2) is 90.5 Å². The lowest BCUT2D eigenvalue weighted by atomic mass is 10.0. The molecule has 0 aromatic rings. The number of hydrogen-bond donors (Lipinski definition) is 2. The molecule has 1 aliphatic carbocycles. The van der Waals surface area contributed by atoms with Gasteiger partial charge in [0.2, 0.25) is 11.6 Å². The third kappa shape index (κ3) is 4.80. The maximum Gasteiger partial charge on any atom is 0.304 e. The van der Waals surface area contributed by atoms with Crippen molar-refractivity contribution in [3.8, 4) is 0 Å². The largest absolute Gasteiger partial charge is 0.439 e. The van der Waals surface area contributed by atoms with E-state index in [9.17, 15) is 14.4 Å². The van der Waals surface area contributed by atoms with Crippen molar-refractivity contribution in [3.63, 3.8) is 0 Å². The van der Waals surface area contributed by atoms with E-state index in [1.807, 2.05) is 14.7 Å². The van der Waals surface area contributed by atoms with Crippen molar-refractivity contribution in [1.29, 1.82) is 0 Å². The second-order valence-corrected chi connectivity index (χ2v) is 5.65. The van der Waals surface area contributed by atoms with Crippen LogP contribution in [0, 0.1) is 0 Å². The minimum Gasteiger partial charge on any atom is -0.439 e. The number of hydrogen-bond acceptors (Lipinski definition) is 9. The van der Waals surface area contributed by atoms with E-state index in [4.69, 9.17) is 5.11 Å². The van der Waals surface area contributed by atoms with Gasteiger partial charge in [0, 0.05) is 52.3 Å². The van der Waals surface area contributed by atoms with Gasteiger partial charge >= 0.3 is 5.97 Å². The molecule has 138 valence electrons. The highest BCUT2D eigenvalue weighted by molar-refractivity contribution is 6.22. The average molecular weight is 352 g/mol. The van der Waals surface area contributed by atoms with E-state index in [2.05, 4.69) is 10.5 Å². The number of rotatable bonds is 4. The first-order chi connectivity index (χ1) is 12.0. The smallest absolute Gasteiger partial charge is 0.304 e. The molecule has 0 saturated carbocycles. The maximum absolute atomic E-state index is 12.4. The Morgan fingerprint density at radius 1 is 1.04 bits per heavy atom. The van der Waals surface area contributed by atoms with Gasteiger partial charge in [-0.05, 0) is 7.05 Å². The van der Waals surface area contributed by atoms with Crippen LogP contribution in [-0.2, 0) is 19.1 Å². The summed E-state index contributed by atoms with van der Waals surface area (Å²) < 4.78 is 3.96. The molecule has 9 nitrogen and oxygen atoms in total. The molecule has 4 rings (SSSR count). The van der Waals surface area contributed by atoms with E-state index in [-0.39, 0.29) is 11.6 Å². The van der Waals surface area contributed by atoms with Gasteiger partial charge in [-0.2, -0.15) is 0 Å². The number of nitrogens with zero attached hydrogens (tertiary/aromatic N) is 3. The van der Waals surface area contributed by atoms with Gasteiger partial charge in [-0.3, -0.25) is 14.4 Å². The fourth-order valence-electron chi connectivity index (χ4n) is 2.37. The van der Waals surface area contributed by atoms with Gasteiger partial charge in [-0.25, -0.2) is 0 Å². The summed E-state index contributed by atoms with van der Waals surface area (Å²) in [6, 6.07) is 0. The number of Topliss-reactive ketones (excluding diaryl/α,β-unsaturated/α-hetero) is 1. The average Bonchev–Trinajstić information content (AvgIpc) is 3.41. The molecule has 0 radical (unpaired) electrons. The highest BCUT2D eigenvalue weighted by Crippen LogP contribution is 2.33. The van der Waals surface area contributed by atoms with E-state index < -0.39 is 12.8 Å². The van der Waals surface area contributed by atoms with Crippen LogP contribution in [0.5, 0.6) is 0 Å². The molecule has 0 amide bonds. The monoisotopic (exact) mass is 352 g/mol. The van der Waals surface area contributed by atoms with Crippen LogP contribution in [0.4, 0.5) is 0 Å². The number of ether oxygens (including phenoxy) is 1. The Bertz CT molecular complexity index is 616. The standard InChI is InChI=1S/C12H13N3O2.C3H6O3.CH5N/c16-9-7-8(13-1-2-13)12(17)11(15-5-6-15)10(9)14-3-4-14;1-3(5)6-2-4;1-2/h7H,1-6H2;4H,2H2,1H3;2H2,1H3. The van der Waals surface area contributed by atoms with Crippen LogP contribution < -0.4 is 5.73 Å². The molecule has 0 bridgehead atoms. The lowest BCUT2D eigenvalue weighted by Gasteiger charge is -2.21. The fraction of sp³-hybridized carbons (Fsp3) is 0.562. The number of nitrogens with two attached hydrogens (primary N) is 1. The van der Waals surface area contributed by atoms with E-state index >= 15 is 0 Å². The van der Waals surface area contributed by atoms with E-state index in [0.29, 0.717) is 17.1 Å². The lowest BCUT2D eigenvalue weighted by molar-refractivity contribution is -0.148. The molecule has 9 heteroatoms. The second-order valence-electron chi connectivity index (χ2n) is 5.65. The summed E-state index contributed by atoms with van der Waals surface area (Å²) in [5.74, 6) is -0.412. The number of ketones is 2. The van der Waals surface area contributed by atoms with Gasteiger partial charge in [0.1, 0.15) is 11.4 Å². The summed E-state index contributed by atoms with van der Waals surface area (Å²) in [6.45, 7) is 6.12. The molecule has 0 aromatic carbocycles. The SMILES string of the molecule is CC(=O)OCO.CN.O=C1C=C(N2CC2)C(=O)C(N2CC2)=C1N1CC1. The van der Waals surface area contributed by atoms with Gasteiger partial charge in [-0.1, -0.05) is 0 Å². The second kappa shape index (κ2) is 8.13. The summed E-state index contributed by atoms with van der Waals surface area (Å²) >= 11 is 0. The van der Waals surface area contributed by atoms with Crippen molar-refractivity contribution in [1.82, 2.24) is 14.7 Å². The zero-order valence-electron chi connectivity index (χ0n) is 14.5. The summed E-state index contributed by atoms with van der Waals surface area (Å²) in [4.78, 5) is 40.1. The van der Waals surface area contributed by atoms with Gasteiger partial charge in [0.05, 0.1) is 5.70 Å². The lowest BCUT2D eigenvalue weighted by Crippen LogP contribution is -2.29. The van der Waals surface area contributed by atoms with Crippen molar-refractivity contribution >= 4 is 17.5 Å². The molecule has 4 aliphatic rings. The maximum atomic E-state index is 12.4. The Balaban J connectivity index is 0.000000243. The Hall–Kier alpha value is -2.39. The fourth-order valence-corrected chi connectivity index (χ4v) is 2.37. The number of aliphatic hydroxyl groups excluding tert-OH is 1. The molecule has 3 N–H and O–H groups in total. The van der Waals surface area contributed by atoms with Crippen LogP contribution in [0.25, 0.3) is 0 Å². The van der Waals surface area contributed by atoms with Crippen LogP contribution in [0.2, 0.25) is 0 Å². The summed E-state index contributed by atoms with van der Waals surface area (Å²) in [5.41, 5.74) is 6.39. The predicted molar refractivity (Wildman–Crippen MR) is 88.8 cm³/mol. The Morgan fingerprint density at radius 3 is 1.88 bits per heavy atom. The molecule has 25 heavy (non-hydrogen) atoms. The Morgan fingerprint density at radius 2 is 1.52 bits per heavy atom. The van der Waals surface area contributed by atoms with Gasteiger partial charge in [-0.15, -0.1) is 0 Å². The molecule has 3 heterocycles. The third-order valence-electron chi connectivity index (χ3n) is 3.76. The van der Waals surface area contributed by atoms with Gasteiger partial charge in [0.15, 0.2) is 6.79 Å². The number of allylic oxidation sites excluding steroid dienone is 1. The first kappa shape index (κ1) is 18.9. The van der Waals surface area contributed by atoms with Crippen LogP contribution >= 0.6 is 0 Å². The van der Waals surface area contributed by atoms with E-state index in [0.717, 1.165) is 39.3 Å². The van der Waals surface area contributed by atoms with Crippen molar-refractivity contribution in [2.24, 2.45) is 5.73 Å². The minimum atomic E-state index is -0.519. The van der Waals surface area contributed by atoms with Gasteiger partial charge < -0.3 is 30.3 Å². The topological polar surface area (TPSA) is 116 Å². The molecule has 0 atom stereocenters. The molecule has 0 aromatic heterocycles. The van der Waals surface area contributed by atoms with Crippen LogP contribution in [0.3, 0.4) is 0 Å². The number of carbonyl (C=O) groups is 3. The van der Waals surface area contributed by atoms with Crippen molar-refractivity contribution in [2.75, 3.05) is 53.1 Å². The summed E-state index contributed by atoms with van der Waals surface area (Å²) in [6.07, 6.45) is 1.52. The third-order valence-corrected chi connectivity index (χ3v) is 3.76. The predicted octanol–water partition coefficient (Wildman–Crippen LogP) is -1.75. The minimum absolute atomic E-state index is 0.00546. The molecule has 3 aliphatic heterocycles. The van der Waals surface area contributed by atoms with Crippen molar-refractivity contribution in [3.05, 3.63) is 23.2 Å². The first-order valence-electron chi connectivity index (χ1n) is 8.14. The number of carbonyl (C=O) groups excluding carboxylic acids is 3. The Labute approximate surface area is 146 Å². The van der Waals surface area contributed by atoms with E-state index in [1.165, 1.54) is 20.0 Å². The zero-order chi connectivity index (χ0) is 18.6. The van der Waals surface area contributed by atoms with Crippen LogP contribution in [0.15, 0.2) is 23.2 Å². The van der Waals surface area contributed by atoms with Gasteiger partial charge in [0.25, 0.3) is 0 Å². The van der Waals surface area contributed by atoms with Crippen molar-refractivity contribution < 1.29 is 24.2 Å². The van der Waals surface area contributed by atoms with E-state index in [1.54, 1.807) is 0 Å². The molecular formula is C16H24N4O5. The van der Waals surface area contributed by atoms with Crippen molar-refractivity contribution in [2.45, 2.75) is 6.92 Å². The highest BCUT2D eigenvalue weighted by Gasteiger charge is 2.43. The number of aliphatic hydroxyl groups is 1. The molecule has 0 unspecified atom stereocenters. The molecular weight excluding hydrogens is 328 g/mol. The normalized spacial score (nSPS) is 20.2. The summed E-state index contributed by atoms with van der Waals surface area (Å²) in [7, 11) is 1.50. The first-order valence-corrected chi connectivity index (χ1v) is 8.14. The highest BCUT2D eigenvalue weighted by atomic mass is 16.6. The Kier molecular flexibility index (Phi) is 6.16. The molecule has 3 fully saturated rings. The van der Waals surface area contributed by atoms with Crippen LogP contribution in [0.1, 0.15) is 6.92 Å². The molecule has 3 saturated heterocycles. The zero-order valence-corrected chi connectivity index (χ0v) is 14.5. The summed E-state index contributed by atoms with van der Waals surface area (Å²) in [5, 5.41) is 7.79.